The average Bonchev–Trinajstić information content (AvgIpc) is 2.98. The third-order valence-electron chi connectivity index (χ3n) is 4.24. The van der Waals surface area contributed by atoms with Crippen molar-refractivity contribution in [3.05, 3.63) is 61.9 Å². The smallest absolute Gasteiger partial charge is 0.408 e. The summed E-state index contributed by atoms with van der Waals surface area (Å²) in [6, 6.07) is 5.60. The molecule has 0 bridgehead atoms. The second kappa shape index (κ2) is 5.48. The lowest BCUT2D eigenvalue weighted by atomic mass is 10.1. The minimum absolute atomic E-state index is 0.170. The van der Waals surface area contributed by atoms with Gasteiger partial charge in [-0.05, 0) is 26.0 Å². The van der Waals surface area contributed by atoms with Gasteiger partial charge in [0.05, 0.1) is 17.0 Å². The SMILES string of the molecule is Cc1cc(C(=O)Cn2c(=O)oc3ccc([N+](=O)[O-])cc32)c(C)n1C. The highest BCUT2D eigenvalue weighted by Crippen LogP contribution is 2.21. The predicted octanol–water partition coefficient (Wildman–Crippen LogP) is 2.34. The number of aryl methyl sites for hydroxylation is 1. The van der Waals surface area contributed by atoms with E-state index in [1.54, 1.807) is 6.07 Å². The summed E-state index contributed by atoms with van der Waals surface area (Å²) in [7, 11) is 1.85. The molecule has 0 amide bonds. The summed E-state index contributed by atoms with van der Waals surface area (Å²) in [5.41, 5.74) is 2.50. The zero-order valence-corrected chi connectivity index (χ0v) is 13.4. The van der Waals surface area contributed by atoms with Gasteiger partial charge in [-0.3, -0.25) is 19.5 Å². The fraction of sp³-hybridized carbons (Fsp3) is 0.250. The molecule has 124 valence electrons. The lowest BCUT2D eigenvalue weighted by molar-refractivity contribution is -0.384. The van der Waals surface area contributed by atoms with Crippen molar-refractivity contribution in [2.45, 2.75) is 20.4 Å². The molecule has 0 aliphatic rings. The number of oxazole rings is 1. The lowest BCUT2D eigenvalue weighted by Gasteiger charge is -2.03. The number of non-ortho nitro benzene ring substituents is 1. The maximum atomic E-state index is 12.6. The number of aromatic nitrogens is 2. The molecule has 0 spiro atoms. The highest BCUT2D eigenvalue weighted by atomic mass is 16.6. The fourth-order valence-corrected chi connectivity index (χ4v) is 2.68. The van der Waals surface area contributed by atoms with Gasteiger partial charge in [0.15, 0.2) is 11.4 Å². The normalized spacial score (nSPS) is 11.1. The molecule has 0 atom stereocenters. The summed E-state index contributed by atoms with van der Waals surface area (Å²) in [6.45, 7) is 3.46. The molecule has 0 aliphatic carbocycles. The zero-order chi connectivity index (χ0) is 17.6. The number of ketones is 1. The molecule has 3 rings (SSSR count). The van der Waals surface area contributed by atoms with Crippen molar-refractivity contribution in [1.29, 1.82) is 0 Å². The Balaban J connectivity index is 2.06. The largest absolute Gasteiger partial charge is 0.420 e. The molecule has 0 unspecified atom stereocenters. The Bertz CT molecular complexity index is 1040. The first-order valence-corrected chi connectivity index (χ1v) is 7.23. The van der Waals surface area contributed by atoms with Crippen LogP contribution in [-0.2, 0) is 13.6 Å². The number of rotatable bonds is 4. The maximum absolute atomic E-state index is 12.6. The number of carbonyl (C=O) groups is 1. The quantitative estimate of drug-likeness (QED) is 0.415. The second-order valence-electron chi connectivity index (χ2n) is 5.63. The van der Waals surface area contributed by atoms with E-state index in [2.05, 4.69) is 0 Å². The van der Waals surface area contributed by atoms with Crippen LogP contribution in [0.5, 0.6) is 0 Å². The number of nitro groups is 1. The van der Waals surface area contributed by atoms with E-state index >= 15 is 0 Å². The van der Waals surface area contributed by atoms with Gasteiger partial charge in [-0.1, -0.05) is 0 Å². The fourth-order valence-electron chi connectivity index (χ4n) is 2.68. The summed E-state index contributed by atoms with van der Waals surface area (Å²) < 4.78 is 8.06. The molecule has 2 heterocycles. The van der Waals surface area contributed by atoms with Crippen LogP contribution in [0, 0.1) is 24.0 Å². The molecule has 8 heteroatoms. The van der Waals surface area contributed by atoms with Crippen LogP contribution in [0.15, 0.2) is 33.5 Å². The van der Waals surface area contributed by atoms with E-state index in [-0.39, 0.29) is 29.1 Å². The molecule has 0 radical (unpaired) electrons. The number of carbonyl (C=O) groups excluding carboxylic acids is 1. The topological polar surface area (TPSA) is 100 Å². The Morgan fingerprint density at radius 3 is 2.58 bits per heavy atom. The van der Waals surface area contributed by atoms with Gasteiger partial charge in [0, 0.05) is 36.1 Å². The van der Waals surface area contributed by atoms with Crippen LogP contribution in [0.2, 0.25) is 0 Å². The standard InChI is InChI=1S/C16H15N3O5/c1-9-6-12(10(2)17(9)3)14(20)8-18-13-7-11(19(22)23)4-5-15(13)24-16(18)21/h4-7H,8H2,1-3H3. The van der Waals surface area contributed by atoms with Gasteiger partial charge < -0.3 is 8.98 Å². The number of benzene rings is 1. The Kier molecular flexibility index (Phi) is 3.59. The van der Waals surface area contributed by atoms with E-state index in [0.717, 1.165) is 16.0 Å². The molecule has 2 aromatic heterocycles. The number of Topliss-reactive ketones (excluding diaryl/α,β-unsaturated/α-hetero) is 1. The molecule has 0 aliphatic heterocycles. The molecule has 0 N–H and O–H groups in total. The van der Waals surface area contributed by atoms with Crippen molar-refractivity contribution in [1.82, 2.24) is 9.13 Å². The molecule has 3 aromatic rings. The van der Waals surface area contributed by atoms with Gasteiger partial charge in [0.25, 0.3) is 5.69 Å². The van der Waals surface area contributed by atoms with E-state index in [1.165, 1.54) is 18.2 Å². The highest BCUT2D eigenvalue weighted by Gasteiger charge is 2.19. The molecular weight excluding hydrogens is 314 g/mol. The summed E-state index contributed by atoms with van der Waals surface area (Å²) in [5, 5.41) is 10.9. The van der Waals surface area contributed by atoms with E-state index in [1.807, 2.05) is 25.5 Å². The molecular formula is C16H15N3O5. The molecule has 8 nitrogen and oxygen atoms in total. The lowest BCUT2D eigenvalue weighted by Crippen LogP contribution is -2.20. The number of fused-ring (bicyclic) bond motifs is 1. The number of nitro benzene ring substituents is 1. The number of hydrogen-bond acceptors (Lipinski definition) is 5. The average molecular weight is 329 g/mol. The van der Waals surface area contributed by atoms with Crippen LogP contribution in [0.25, 0.3) is 11.1 Å². The third-order valence-corrected chi connectivity index (χ3v) is 4.24. The van der Waals surface area contributed by atoms with Gasteiger partial charge in [-0.25, -0.2) is 4.79 Å². The Morgan fingerprint density at radius 2 is 2.00 bits per heavy atom. The van der Waals surface area contributed by atoms with Crippen LogP contribution in [0.1, 0.15) is 21.7 Å². The number of hydrogen-bond donors (Lipinski definition) is 0. The molecule has 0 saturated carbocycles. The van der Waals surface area contributed by atoms with Gasteiger partial charge in [-0.2, -0.15) is 0 Å². The van der Waals surface area contributed by atoms with E-state index in [9.17, 15) is 19.7 Å². The van der Waals surface area contributed by atoms with Crippen molar-refractivity contribution in [2.24, 2.45) is 7.05 Å². The van der Waals surface area contributed by atoms with E-state index < -0.39 is 10.7 Å². The predicted molar refractivity (Wildman–Crippen MR) is 86.3 cm³/mol. The van der Waals surface area contributed by atoms with E-state index in [4.69, 9.17) is 4.42 Å². The Labute approximate surface area is 136 Å². The summed E-state index contributed by atoms with van der Waals surface area (Å²) in [5.74, 6) is -0.975. The van der Waals surface area contributed by atoms with Crippen molar-refractivity contribution in [2.75, 3.05) is 0 Å². The molecule has 24 heavy (non-hydrogen) atoms. The highest BCUT2D eigenvalue weighted by molar-refractivity contribution is 5.98. The van der Waals surface area contributed by atoms with Crippen molar-refractivity contribution in [3.63, 3.8) is 0 Å². The Hall–Kier alpha value is -3.16. The second-order valence-corrected chi connectivity index (χ2v) is 5.63. The first-order valence-electron chi connectivity index (χ1n) is 7.23. The molecule has 0 saturated heterocycles. The van der Waals surface area contributed by atoms with Crippen LogP contribution in [-0.4, -0.2) is 19.8 Å². The third kappa shape index (κ3) is 2.41. The first kappa shape index (κ1) is 15.7. The van der Waals surface area contributed by atoms with Crippen LogP contribution >= 0.6 is 0 Å². The maximum Gasteiger partial charge on any atom is 0.420 e. The monoisotopic (exact) mass is 329 g/mol. The molecule has 0 fully saturated rings. The van der Waals surface area contributed by atoms with Crippen molar-refractivity contribution < 1.29 is 14.1 Å². The first-order chi connectivity index (χ1) is 11.3. The summed E-state index contributed by atoms with van der Waals surface area (Å²) in [6.07, 6.45) is 0. The summed E-state index contributed by atoms with van der Waals surface area (Å²) >= 11 is 0. The minimum Gasteiger partial charge on any atom is -0.408 e. The van der Waals surface area contributed by atoms with Gasteiger partial charge in [0.2, 0.25) is 0 Å². The van der Waals surface area contributed by atoms with Gasteiger partial charge in [-0.15, -0.1) is 0 Å². The zero-order valence-electron chi connectivity index (χ0n) is 13.4. The van der Waals surface area contributed by atoms with Gasteiger partial charge >= 0.3 is 5.76 Å². The van der Waals surface area contributed by atoms with Crippen LogP contribution in [0.4, 0.5) is 5.69 Å². The summed E-state index contributed by atoms with van der Waals surface area (Å²) in [4.78, 5) is 34.9. The van der Waals surface area contributed by atoms with E-state index in [0.29, 0.717) is 5.56 Å². The number of nitrogens with zero attached hydrogens (tertiary/aromatic N) is 3. The van der Waals surface area contributed by atoms with Crippen LogP contribution in [0.3, 0.4) is 0 Å². The minimum atomic E-state index is -0.718. The Morgan fingerprint density at radius 1 is 1.29 bits per heavy atom. The van der Waals surface area contributed by atoms with Crippen molar-refractivity contribution in [3.8, 4) is 0 Å². The van der Waals surface area contributed by atoms with Gasteiger partial charge in [0.1, 0.15) is 0 Å². The van der Waals surface area contributed by atoms with Crippen molar-refractivity contribution >= 4 is 22.6 Å². The molecule has 1 aromatic carbocycles. The van der Waals surface area contributed by atoms with Crippen LogP contribution < -0.4 is 5.76 Å².